The van der Waals surface area contributed by atoms with E-state index < -0.39 is 0 Å². The molecule has 0 bridgehead atoms. The Labute approximate surface area is 126 Å². The fourth-order valence-corrected chi connectivity index (χ4v) is 3.85. The van der Waals surface area contributed by atoms with Gasteiger partial charge in [0.05, 0.1) is 0 Å². The van der Waals surface area contributed by atoms with Crippen molar-refractivity contribution in [3.8, 4) is 0 Å². The maximum atomic E-state index is 12.1. The van der Waals surface area contributed by atoms with Gasteiger partial charge in [-0.2, -0.15) is 11.8 Å². The fourth-order valence-electron chi connectivity index (χ4n) is 2.53. The van der Waals surface area contributed by atoms with Gasteiger partial charge in [0.15, 0.2) is 0 Å². The number of nitrogens with zero attached hydrogens (tertiary/aromatic N) is 1. The predicted molar refractivity (Wildman–Crippen MR) is 87.0 cm³/mol. The Kier molecular flexibility index (Phi) is 5.30. The molecule has 1 saturated heterocycles. The Morgan fingerprint density at radius 1 is 1.30 bits per heavy atom. The first-order valence-corrected chi connectivity index (χ1v) is 8.23. The summed E-state index contributed by atoms with van der Waals surface area (Å²) in [5.74, 6) is 1.18. The number of aryl methyl sites for hydroxylation is 1. The van der Waals surface area contributed by atoms with E-state index in [2.05, 4.69) is 31.2 Å². The van der Waals surface area contributed by atoms with Crippen LogP contribution >= 0.6 is 11.8 Å². The van der Waals surface area contributed by atoms with Crippen molar-refractivity contribution in [3.05, 3.63) is 47.0 Å². The van der Waals surface area contributed by atoms with Gasteiger partial charge in [0, 0.05) is 30.2 Å². The van der Waals surface area contributed by atoms with Gasteiger partial charge in [-0.25, -0.2) is 0 Å². The molecule has 1 aliphatic rings. The van der Waals surface area contributed by atoms with Crippen LogP contribution in [0.4, 0.5) is 0 Å². The molecule has 3 heteroatoms. The lowest BCUT2D eigenvalue weighted by atomic mass is 10.0. The highest BCUT2D eigenvalue weighted by molar-refractivity contribution is 7.99. The second kappa shape index (κ2) is 6.98. The first-order chi connectivity index (χ1) is 9.58. The van der Waals surface area contributed by atoms with Gasteiger partial charge in [0.25, 0.3) is 0 Å². The third-order valence-corrected chi connectivity index (χ3v) is 4.91. The molecule has 0 aliphatic carbocycles. The summed E-state index contributed by atoms with van der Waals surface area (Å²) in [4.78, 5) is 14.1. The van der Waals surface area contributed by atoms with Crippen LogP contribution in [-0.4, -0.2) is 29.6 Å². The molecule has 20 heavy (non-hydrogen) atoms. The van der Waals surface area contributed by atoms with Gasteiger partial charge >= 0.3 is 0 Å². The molecule has 1 amide bonds. The van der Waals surface area contributed by atoms with Gasteiger partial charge in [-0.05, 0) is 38.3 Å². The summed E-state index contributed by atoms with van der Waals surface area (Å²) in [6, 6.07) is 8.60. The van der Waals surface area contributed by atoms with Crippen LogP contribution in [-0.2, 0) is 4.79 Å². The summed E-state index contributed by atoms with van der Waals surface area (Å²) in [7, 11) is 0. The number of hydrogen-bond donors (Lipinski definition) is 0. The van der Waals surface area contributed by atoms with E-state index in [1.54, 1.807) is 6.08 Å². The number of thioether (sulfide) groups is 1. The molecule has 1 heterocycles. The maximum absolute atomic E-state index is 12.1. The predicted octanol–water partition coefficient (Wildman–Crippen LogP) is 3.97. The monoisotopic (exact) mass is 289 g/mol. The minimum absolute atomic E-state index is 0.163. The standard InChI is InChI=1S/C17H23NOS/c1-13(2)12-17(19)18-9-8-16(20-11-10-18)15-7-5-4-6-14(15)3/h4-7,12,16H,8-11H2,1-3H3. The van der Waals surface area contributed by atoms with Crippen LogP contribution in [0.15, 0.2) is 35.9 Å². The van der Waals surface area contributed by atoms with E-state index in [0.717, 1.165) is 30.8 Å². The second-order valence-electron chi connectivity index (χ2n) is 5.55. The number of carbonyl (C=O) groups is 1. The molecule has 0 radical (unpaired) electrons. The number of carbonyl (C=O) groups excluding carboxylic acids is 1. The Morgan fingerprint density at radius 2 is 2.05 bits per heavy atom. The van der Waals surface area contributed by atoms with E-state index in [1.165, 1.54) is 11.1 Å². The van der Waals surface area contributed by atoms with Crippen LogP contribution in [0.5, 0.6) is 0 Å². The van der Waals surface area contributed by atoms with Crippen molar-refractivity contribution in [3.63, 3.8) is 0 Å². The molecule has 1 aromatic rings. The van der Waals surface area contributed by atoms with Crippen LogP contribution < -0.4 is 0 Å². The van der Waals surface area contributed by atoms with Crippen molar-refractivity contribution in [2.24, 2.45) is 0 Å². The Hall–Kier alpha value is -1.22. The second-order valence-corrected chi connectivity index (χ2v) is 6.86. The summed E-state index contributed by atoms with van der Waals surface area (Å²) in [6.45, 7) is 7.83. The molecule has 0 N–H and O–H groups in total. The Morgan fingerprint density at radius 3 is 2.75 bits per heavy atom. The minimum Gasteiger partial charge on any atom is -0.338 e. The van der Waals surface area contributed by atoms with Crippen LogP contribution in [0.3, 0.4) is 0 Å². The normalized spacial score (nSPS) is 19.4. The maximum Gasteiger partial charge on any atom is 0.246 e. The van der Waals surface area contributed by atoms with E-state index in [0.29, 0.717) is 5.25 Å². The lowest BCUT2D eigenvalue weighted by molar-refractivity contribution is -0.125. The average molecular weight is 289 g/mol. The molecule has 1 aliphatic heterocycles. The van der Waals surface area contributed by atoms with E-state index >= 15 is 0 Å². The lowest BCUT2D eigenvalue weighted by Gasteiger charge is -2.19. The van der Waals surface area contributed by atoms with Crippen molar-refractivity contribution in [1.29, 1.82) is 0 Å². The number of benzene rings is 1. The first-order valence-electron chi connectivity index (χ1n) is 7.19. The largest absolute Gasteiger partial charge is 0.338 e. The van der Waals surface area contributed by atoms with Crippen LogP contribution in [0.1, 0.15) is 36.6 Å². The molecule has 1 fully saturated rings. The van der Waals surface area contributed by atoms with Crippen LogP contribution in [0.2, 0.25) is 0 Å². The molecule has 0 aromatic heterocycles. The van der Waals surface area contributed by atoms with E-state index in [-0.39, 0.29) is 5.91 Å². The zero-order valence-corrected chi connectivity index (χ0v) is 13.4. The molecule has 2 nitrogen and oxygen atoms in total. The number of allylic oxidation sites excluding steroid dienone is 1. The summed E-state index contributed by atoms with van der Waals surface area (Å²) in [5.41, 5.74) is 3.85. The quantitative estimate of drug-likeness (QED) is 0.768. The molecule has 1 aromatic carbocycles. The molecule has 0 saturated carbocycles. The van der Waals surface area contributed by atoms with Gasteiger partial charge in [-0.15, -0.1) is 0 Å². The van der Waals surface area contributed by atoms with E-state index in [9.17, 15) is 4.79 Å². The zero-order chi connectivity index (χ0) is 14.5. The smallest absolute Gasteiger partial charge is 0.246 e. The summed E-state index contributed by atoms with van der Waals surface area (Å²) >= 11 is 1.98. The average Bonchev–Trinajstić information content (AvgIpc) is 2.64. The molecule has 1 unspecified atom stereocenters. The first kappa shape index (κ1) is 15.2. The Bertz CT molecular complexity index is 505. The van der Waals surface area contributed by atoms with Crippen molar-refractivity contribution in [2.45, 2.75) is 32.4 Å². The van der Waals surface area contributed by atoms with Gasteiger partial charge in [-0.1, -0.05) is 29.8 Å². The lowest BCUT2D eigenvalue weighted by Crippen LogP contribution is -2.31. The van der Waals surface area contributed by atoms with Crippen molar-refractivity contribution < 1.29 is 4.79 Å². The van der Waals surface area contributed by atoms with E-state index in [4.69, 9.17) is 0 Å². The topological polar surface area (TPSA) is 20.3 Å². The highest BCUT2D eigenvalue weighted by atomic mass is 32.2. The zero-order valence-electron chi connectivity index (χ0n) is 12.6. The number of rotatable bonds is 2. The third kappa shape index (κ3) is 3.89. The summed E-state index contributed by atoms with van der Waals surface area (Å²) in [5, 5.41) is 0.515. The minimum atomic E-state index is 0.163. The molecular weight excluding hydrogens is 266 g/mol. The Balaban J connectivity index is 2.04. The van der Waals surface area contributed by atoms with Crippen molar-refractivity contribution in [1.82, 2.24) is 4.90 Å². The molecule has 108 valence electrons. The summed E-state index contributed by atoms with van der Waals surface area (Å²) in [6.07, 6.45) is 2.79. The van der Waals surface area contributed by atoms with Crippen LogP contribution in [0, 0.1) is 6.92 Å². The third-order valence-electron chi connectivity index (χ3n) is 3.60. The van der Waals surface area contributed by atoms with Crippen molar-refractivity contribution in [2.75, 3.05) is 18.8 Å². The van der Waals surface area contributed by atoms with Gasteiger partial charge in [-0.3, -0.25) is 4.79 Å². The summed E-state index contributed by atoms with van der Waals surface area (Å²) < 4.78 is 0. The number of hydrogen-bond acceptors (Lipinski definition) is 2. The highest BCUT2D eigenvalue weighted by Gasteiger charge is 2.21. The van der Waals surface area contributed by atoms with Gasteiger partial charge in [0.2, 0.25) is 5.91 Å². The van der Waals surface area contributed by atoms with Gasteiger partial charge in [0.1, 0.15) is 0 Å². The molecular formula is C17H23NOS. The molecule has 0 spiro atoms. The fraction of sp³-hybridized carbons (Fsp3) is 0.471. The number of amides is 1. The SMILES string of the molecule is CC(C)=CC(=O)N1CCSC(c2ccccc2C)CC1. The van der Waals surface area contributed by atoms with Crippen LogP contribution in [0.25, 0.3) is 0 Å². The molecule has 1 atom stereocenters. The molecule has 2 rings (SSSR count). The van der Waals surface area contributed by atoms with E-state index in [1.807, 2.05) is 30.5 Å². The highest BCUT2D eigenvalue weighted by Crippen LogP contribution is 2.35. The van der Waals surface area contributed by atoms with Crippen molar-refractivity contribution >= 4 is 17.7 Å². The van der Waals surface area contributed by atoms with Gasteiger partial charge < -0.3 is 4.90 Å².